The molecule has 2 aromatic carbocycles. The lowest BCUT2D eigenvalue weighted by atomic mass is 9.62. The third-order valence-corrected chi connectivity index (χ3v) is 6.19. The molecule has 2 fully saturated rings. The van der Waals surface area contributed by atoms with Crippen LogP contribution in [0.4, 0.5) is 5.82 Å². The van der Waals surface area contributed by atoms with Crippen LogP contribution in [0.3, 0.4) is 0 Å². The van der Waals surface area contributed by atoms with Gasteiger partial charge in [0.2, 0.25) is 0 Å². The molecule has 3 aromatic rings. The van der Waals surface area contributed by atoms with E-state index in [1.807, 2.05) is 59.3 Å². The Labute approximate surface area is 175 Å². The molecule has 0 atom stereocenters. The van der Waals surface area contributed by atoms with Crippen molar-refractivity contribution in [2.45, 2.75) is 18.9 Å². The topological polar surface area (TPSA) is 94.2 Å². The van der Waals surface area contributed by atoms with Crippen LogP contribution < -0.4 is 21.1 Å². The molecule has 1 saturated carbocycles. The lowest BCUT2D eigenvalue weighted by Crippen LogP contribution is -2.60. The fourth-order valence-electron chi connectivity index (χ4n) is 4.46. The van der Waals surface area contributed by atoms with E-state index in [9.17, 15) is 4.79 Å². The van der Waals surface area contributed by atoms with Crippen LogP contribution in [0.15, 0.2) is 54.6 Å². The van der Waals surface area contributed by atoms with Gasteiger partial charge in [-0.15, -0.1) is 0 Å². The number of hydrogen-bond acceptors (Lipinski definition) is 5. The highest BCUT2D eigenvalue weighted by Gasteiger charge is 2.50. The number of aromatic nitrogens is 2. The molecule has 0 bridgehead atoms. The molecule has 1 spiro atoms. The summed E-state index contributed by atoms with van der Waals surface area (Å²) in [4.78, 5) is 12.6. The van der Waals surface area contributed by atoms with Crippen LogP contribution >= 0.6 is 0 Å². The zero-order valence-corrected chi connectivity index (χ0v) is 16.9. The monoisotopic (exact) mass is 403 g/mol. The summed E-state index contributed by atoms with van der Waals surface area (Å²) in [6.07, 6.45) is 2.09. The number of nitrogens with zero attached hydrogens (tertiary/aromatic N) is 2. The van der Waals surface area contributed by atoms with E-state index >= 15 is 0 Å². The van der Waals surface area contributed by atoms with Crippen LogP contribution in [0.2, 0.25) is 0 Å². The second-order valence-electron chi connectivity index (χ2n) is 8.24. The van der Waals surface area contributed by atoms with Crippen molar-refractivity contribution >= 4 is 11.7 Å². The number of carbonyl (C=O) groups is 1. The molecular formula is C23H25N5O2. The van der Waals surface area contributed by atoms with E-state index in [4.69, 9.17) is 15.6 Å². The summed E-state index contributed by atoms with van der Waals surface area (Å²) in [6, 6.07) is 17.4. The average molecular weight is 403 g/mol. The third kappa shape index (κ3) is 3.11. The van der Waals surface area contributed by atoms with E-state index in [0.29, 0.717) is 22.5 Å². The molecule has 5 rings (SSSR count). The van der Waals surface area contributed by atoms with Crippen molar-refractivity contribution in [3.05, 3.63) is 60.2 Å². The predicted octanol–water partition coefficient (Wildman–Crippen LogP) is 3.21. The second kappa shape index (κ2) is 7.18. The number of rotatable bonds is 5. The maximum absolute atomic E-state index is 12.6. The second-order valence-corrected chi connectivity index (χ2v) is 8.24. The fourth-order valence-corrected chi connectivity index (χ4v) is 4.46. The summed E-state index contributed by atoms with van der Waals surface area (Å²) in [7, 11) is 1.61. The van der Waals surface area contributed by atoms with Gasteiger partial charge >= 0.3 is 0 Å². The van der Waals surface area contributed by atoms with E-state index in [2.05, 4.69) is 10.6 Å². The molecule has 0 radical (unpaired) electrons. The highest BCUT2D eigenvalue weighted by Crippen LogP contribution is 2.52. The largest absolute Gasteiger partial charge is 0.457 e. The average Bonchev–Trinajstić information content (AvgIpc) is 3.04. The first-order chi connectivity index (χ1) is 14.6. The molecule has 2 heterocycles. The lowest BCUT2D eigenvalue weighted by molar-refractivity contribution is 0.00345. The van der Waals surface area contributed by atoms with Crippen molar-refractivity contribution < 1.29 is 9.53 Å². The predicted molar refractivity (Wildman–Crippen MR) is 116 cm³/mol. The summed E-state index contributed by atoms with van der Waals surface area (Å²) in [5.41, 5.74) is 8.67. The van der Waals surface area contributed by atoms with Crippen molar-refractivity contribution in [2.75, 3.05) is 25.9 Å². The van der Waals surface area contributed by atoms with Gasteiger partial charge in [-0.2, -0.15) is 5.10 Å². The molecule has 7 heteroatoms. The SMILES string of the molecule is CNC(=O)c1c(-c2ccc(Oc3ccccc3)cc2)nn(C2CC3(CNC3)C2)c1N. The molecule has 4 N–H and O–H groups in total. The van der Waals surface area contributed by atoms with Gasteiger partial charge in [0.25, 0.3) is 5.91 Å². The smallest absolute Gasteiger partial charge is 0.257 e. The van der Waals surface area contributed by atoms with Crippen LogP contribution in [-0.4, -0.2) is 35.8 Å². The Balaban J connectivity index is 1.44. The first-order valence-corrected chi connectivity index (χ1v) is 10.2. The zero-order chi connectivity index (χ0) is 20.7. The molecule has 1 saturated heterocycles. The van der Waals surface area contributed by atoms with Crippen molar-refractivity contribution in [3.63, 3.8) is 0 Å². The van der Waals surface area contributed by atoms with Crippen LogP contribution in [0.1, 0.15) is 29.2 Å². The summed E-state index contributed by atoms with van der Waals surface area (Å²) >= 11 is 0. The van der Waals surface area contributed by atoms with Crippen LogP contribution in [0.25, 0.3) is 11.3 Å². The quantitative estimate of drug-likeness (QED) is 0.608. The number of benzene rings is 2. The number of para-hydroxylation sites is 1. The maximum Gasteiger partial charge on any atom is 0.257 e. The van der Waals surface area contributed by atoms with E-state index in [1.165, 1.54) is 0 Å². The van der Waals surface area contributed by atoms with Gasteiger partial charge in [-0.25, -0.2) is 4.68 Å². The van der Waals surface area contributed by atoms with Gasteiger partial charge in [0.05, 0.1) is 6.04 Å². The van der Waals surface area contributed by atoms with Crippen molar-refractivity contribution in [1.29, 1.82) is 0 Å². The Kier molecular flexibility index (Phi) is 4.47. The van der Waals surface area contributed by atoms with E-state index < -0.39 is 0 Å². The Hall–Kier alpha value is -3.32. The molecule has 2 aliphatic rings. The Morgan fingerprint density at radius 1 is 1.13 bits per heavy atom. The normalized spacial score (nSPS) is 17.2. The molecule has 1 aliphatic carbocycles. The van der Waals surface area contributed by atoms with Gasteiger partial charge in [0.1, 0.15) is 28.6 Å². The molecule has 1 amide bonds. The number of amides is 1. The molecular weight excluding hydrogens is 378 g/mol. The standard InChI is InChI=1S/C23H25N5O2/c1-25-22(29)19-20(27-28(21(19)24)16-11-23(12-16)13-26-14-23)15-7-9-18(10-8-15)30-17-5-3-2-4-6-17/h2-10,16,26H,11-14,24H2,1H3,(H,25,29). The molecule has 7 nitrogen and oxygen atoms in total. The Morgan fingerprint density at radius 2 is 1.80 bits per heavy atom. The molecule has 0 unspecified atom stereocenters. The summed E-state index contributed by atoms with van der Waals surface area (Å²) in [6.45, 7) is 2.12. The first kappa shape index (κ1) is 18.7. The van der Waals surface area contributed by atoms with Crippen molar-refractivity contribution in [2.24, 2.45) is 5.41 Å². The highest BCUT2D eigenvalue weighted by atomic mass is 16.5. The summed E-state index contributed by atoms with van der Waals surface area (Å²) in [5.74, 6) is 1.70. The highest BCUT2D eigenvalue weighted by molar-refractivity contribution is 6.04. The minimum absolute atomic E-state index is 0.224. The molecule has 30 heavy (non-hydrogen) atoms. The number of nitrogens with one attached hydrogen (secondary N) is 2. The number of ether oxygens (including phenoxy) is 1. The maximum atomic E-state index is 12.6. The summed E-state index contributed by atoms with van der Waals surface area (Å²) < 4.78 is 7.71. The number of anilines is 1. The van der Waals surface area contributed by atoms with Gasteiger partial charge in [-0.1, -0.05) is 18.2 Å². The van der Waals surface area contributed by atoms with Crippen molar-refractivity contribution in [3.8, 4) is 22.8 Å². The fraction of sp³-hybridized carbons (Fsp3) is 0.304. The molecule has 1 aliphatic heterocycles. The zero-order valence-electron chi connectivity index (χ0n) is 16.9. The van der Waals surface area contributed by atoms with E-state index in [0.717, 1.165) is 43.0 Å². The van der Waals surface area contributed by atoms with Gasteiger partial charge in [-0.3, -0.25) is 4.79 Å². The number of nitrogen functional groups attached to an aromatic ring is 1. The van der Waals surface area contributed by atoms with Crippen LogP contribution in [0.5, 0.6) is 11.5 Å². The number of nitrogens with two attached hydrogens (primary N) is 1. The first-order valence-electron chi connectivity index (χ1n) is 10.2. The van der Waals surface area contributed by atoms with E-state index in [1.54, 1.807) is 7.05 Å². The minimum atomic E-state index is -0.224. The lowest BCUT2D eigenvalue weighted by Gasteiger charge is -2.54. The van der Waals surface area contributed by atoms with Crippen molar-refractivity contribution in [1.82, 2.24) is 20.4 Å². The summed E-state index contributed by atoms with van der Waals surface area (Å²) in [5, 5.41) is 10.8. The minimum Gasteiger partial charge on any atom is -0.457 e. The van der Waals surface area contributed by atoms with Gasteiger partial charge in [-0.05, 0) is 54.7 Å². The Morgan fingerprint density at radius 3 is 2.40 bits per heavy atom. The Bertz CT molecular complexity index is 1060. The molecule has 154 valence electrons. The van der Waals surface area contributed by atoms with Crippen LogP contribution in [0, 0.1) is 5.41 Å². The number of carbonyl (C=O) groups excluding carboxylic acids is 1. The third-order valence-electron chi connectivity index (χ3n) is 6.19. The van der Waals surface area contributed by atoms with Gasteiger partial charge < -0.3 is 21.1 Å². The van der Waals surface area contributed by atoms with Gasteiger partial charge in [0.15, 0.2) is 0 Å². The van der Waals surface area contributed by atoms with Crippen LogP contribution in [-0.2, 0) is 0 Å². The number of hydrogen-bond donors (Lipinski definition) is 3. The van der Waals surface area contributed by atoms with Gasteiger partial charge in [0, 0.05) is 25.7 Å². The van der Waals surface area contributed by atoms with E-state index in [-0.39, 0.29) is 11.9 Å². The molecule has 1 aromatic heterocycles.